The van der Waals surface area contributed by atoms with Crippen LogP contribution in [0.15, 0.2) is 47.1 Å². The summed E-state index contributed by atoms with van der Waals surface area (Å²) in [5, 5.41) is 2.72. The Balaban J connectivity index is 1.77. The summed E-state index contributed by atoms with van der Waals surface area (Å²) >= 11 is 3.39. The molecule has 2 rings (SSSR count). The van der Waals surface area contributed by atoms with E-state index < -0.39 is 6.09 Å². The largest absolute Gasteiger partial charge is 0.445 e. The van der Waals surface area contributed by atoms with Crippen LogP contribution >= 0.6 is 15.9 Å². The molecule has 0 saturated carbocycles. The van der Waals surface area contributed by atoms with E-state index in [0.717, 1.165) is 15.7 Å². The molecule has 1 aromatic carbocycles. The van der Waals surface area contributed by atoms with Gasteiger partial charge in [0.15, 0.2) is 0 Å². The van der Waals surface area contributed by atoms with Crippen LogP contribution in [-0.4, -0.2) is 10.7 Å². The van der Waals surface area contributed by atoms with Crippen molar-refractivity contribution < 1.29 is 9.53 Å². The molecule has 1 amide bonds. The van der Waals surface area contributed by atoms with E-state index in [2.05, 4.69) is 21.2 Å². The van der Waals surface area contributed by atoms with Gasteiger partial charge in [-0.1, -0.05) is 30.3 Å². The summed E-state index contributed by atoms with van der Waals surface area (Å²) in [6.07, 6.45) is 1.52. The number of nitrogens with one attached hydrogen (secondary N) is 1. The first-order chi connectivity index (χ1) is 9.15. The smallest absolute Gasteiger partial charge is 0.407 e. The lowest BCUT2D eigenvalue weighted by Crippen LogP contribution is -2.24. The predicted octanol–water partition coefficient (Wildman–Crippen LogP) is 3.21. The van der Waals surface area contributed by atoms with Gasteiger partial charge in [0.05, 0.1) is 6.54 Å². The summed E-state index contributed by atoms with van der Waals surface area (Å²) in [6, 6.07) is 11.5. The Morgan fingerprint density at radius 3 is 2.74 bits per heavy atom. The van der Waals surface area contributed by atoms with Gasteiger partial charge in [-0.2, -0.15) is 0 Å². The van der Waals surface area contributed by atoms with Crippen molar-refractivity contribution in [2.45, 2.75) is 13.2 Å². The maximum Gasteiger partial charge on any atom is 0.407 e. The number of nitrogens with zero attached hydrogens (tertiary/aromatic N) is 1. The standard InChI is InChI=1S/C14H15BrN2O2/c1-17-9-12(15)7-13(17)8-16-14(18)19-10-11-5-3-2-4-6-11/h2-7,9H,8,10H2,1H3,(H,16,18). The van der Waals surface area contributed by atoms with Gasteiger partial charge >= 0.3 is 6.09 Å². The average Bonchev–Trinajstić information content (AvgIpc) is 2.73. The number of hydrogen-bond donors (Lipinski definition) is 1. The average molecular weight is 323 g/mol. The minimum Gasteiger partial charge on any atom is -0.445 e. The highest BCUT2D eigenvalue weighted by Crippen LogP contribution is 2.13. The lowest BCUT2D eigenvalue weighted by molar-refractivity contribution is 0.139. The van der Waals surface area contributed by atoms with Crippen molar-refractivity contribution in [1.29, 1.82) is 0 Å². The van der Waals surface area contributed by atoms with Crippen molar-refractivity contribution in [3.05, 3.63) is 58.3 Å². The van der Waals surface area contributed by atoms with Crippen LogP contribution in [0.3, 0.4) is 0 Å². The van der Waals surface area contributed by atoms with Crippen LogP contribution in [-0.2, 0) is 24.9 Å². The van der Waals surface area contributed by atoms with E-state index in [-0.39, 0.29) is 6.61 Å². The third-order valence-electron chi connectivity index (χ3n) is 2.70. The first-order valence-corrected chi connectivity index (χ1v) is 6.70. The fraction of sp³-hybridized carbons (Fsp3) is 0.214. The van der Waals surface area contributed by atoms with Crippen LogP contribution in [0.2, 0.25) is 0 Å². The molecule has 0 aliphatic carbocycles. The van der Waals surface area contributed by atoms with Gasteiger partial charge in [-0.3, -0.25) is 0 Å². The third-order valence-corrected chi connectivity index (χ3v) is 3.13. The van der Waals surface area contributed by atoms with Gasteiger partial charge in [-0.05, 0) is 27.6 Å². The number of rotatable bonds is 4. The molecule has 0 bridgehead atoms. The molecule has 19 heavy (non-hydrogen) atoms. The quantitative estimate of drug-likeness (QED) is 0.939. The maximum absolute atomic E-state index is 11.6. The molecule has 4 nitrogen and oxygen atoms in total. The van der Waals surface area contributed by atoms with Crippen LogP contribution in [0.5, 0.6) is 0 Å². The van der Waals surface area contributed by atoms with Crippen LogP contribution in [0.1, 0.15) is 11.3 Å². The van der Waals surface area contributed by atoms with Crippen molar-refractivity contribution in [3.8, 4) is 0 Å². The van der Waals surface area contributed by atoms with E-state index in [1.165, 1.54) is 0 Å². The van der Waals surface area contributed by atoms with Gasteiger partial charge in [-0.25, -0.2) is 4.79 Å². The lowest BCUT2D eigenvalue weighted by atomic mass is 10.2. The molecular formula is C14H15BrN2O2. The highest BCUT2D eigenvalue weighted by molar-refractivity contribution is 9.10. The van der Waals surface area contributed by atoms with E-state index in [4.69, 9.17) is 4.74 Å². The van der Waals surface area contributed by atoms with Crippen molar-refractivity contribution in [2.24, 2.45) is 7.05 Å². The molecular weight excluding hydrogens is 308 g/mol. The molecule has 100 valence electrons. The number of aromatic nitrogens is 1. The number of hydrogen-bond acceptors (Lipinski definition) is 2. The number of carbonyl (C=O) groups is 1. The number of alkyl carbamates (subject to hydrolysis) is 1. The molecule has 1 aromatic heterocycles. The number of halogens is 1. The van der Waals surface area contributed by atoms with Gasteiger partial charge in [0, 0.05) is 23.4 Å². The Morgan fingerprint density at radius 1 is 1.37 bits per heavy atom. The highest BCUT2D eigenvalue weighted by Gasteiger charge is 2.05. The topological polar surface area (TPSA) is 43.3 Å². The Kier molecular flexibility index (Phi) is 4.63. The van der Waals surface area contributed by atoms with Gasteiger partial charge in [0.1, 0.15) is 6.61 Å². The molecule has 0 saturated heterocycles. The molecule has 0 unspecified atom stereocenters. The van der Waals surface area contributed by atoms with Crippen LogP contribution in [0.4, 0.5) is 4.79 Å². The molecule has 0 aliphatic heterocycles. The second-order valence-corrected chi connectivity index (χ2v) is 5.09. The van der Waals surface area contributed by atoms with E-state index in [0.29, 0.717) is 6.54 Å². The molecule has 0 spiro atoms. The van der Waals surface area contributed by atoms with Crippen LogP contribution in [0.25, 0.3) is 0 Å². The van der Waals surface area contributed by atoms with Crippen molar-refractivity contribution in [1.82, 2.24) is 9.88 Å². The van der Waals surface area contributed by atoms with Crippen molar-refractivity contribution in [2.75, 3.05) is 0 Å². The Bertz CT molecular complexity index is 552. The summed E-state index contributed by atoms with van der Waals surface area (Å²) in [5.74, 6) is 0. The second kappa shape index (κ2) is 6.43. The number of ether oxygens (including phenoxy) is 1. The molecule has 5 heteroatoms. The maximum atomic E-state index is 11.6. The number of carbonyl (C=O) groups excluding carboxylic acids is 1. The zero-order valence-electron chi connectivity index (χ0n) is 10.6. The minimum absolute atomic E-state index is 0.281. The third kappa shape index (κ3) is 4.13. The van der Waals surface area contributed by atoms with Crippen LogP contribution in [0, 0.1) is 0 Å². The summed E-state index contributed by atoms with van der Waals surface area (Å²) in [5.41, 5.74) is 1.97. The lowest BCUT2D eigenvalue weighted by Gasteiger charge is -2.07. The van der Waals surface area contributed by atoms with Gasteiger partial charge in [-0.15, -0.1) is 0 Å². The Labute approximate surface area is 120 Å². The molecule has 0 atom stereocenters. The number of amides is 1. The van der Waals surface area contributed by atoms with Gasteiger partial charge in [0.25, 0.3) is 0 Å². The van der Waals surface area contributed by atoms with Gasteiger partial charge < -0.3 is 14.6 Å². The monoisotopic (exact) mass is 322 g/mol. The van der Waals surface area contributed by atoms with E-state index in [9.17, 15) is 4.79 Å². The van der Waals surface area contributed by atoms with Gasteiger partial charge in [0.2, 0.25) is 0 Å². The van der Waals surface area contributed by atoms with E-state index in [1.54, 1.807) is 0 Å². The summed E-state index contributed by atoms with van der Waals surface area (Å²) < 4.78 is 8.06. The molecule has 0 radical (unpaired) electrons. The minimum atomic E-state index is -0.416. The first-order valence-electron chi connectivity index (χ1n) is 5.90. The highest BCUT2D eigenvalue weighted by atomic mass is 79.9. The second-order valence-electron chi connectivity index (χ2n) is 4.18. The normalized spacial score (nSPS) is 10.2. The predicted molar refractivity (Wildman–Crippen MR) is 76.6 cm³/mol. The van der Waals surface area contributed by atoms with Crippen LogP contribution < -0.4 is 5.32 Å². The zero-order valence-corrected chi connectivity index (χ0v) is 12.2. The number of benzene rings is 1. The fourth-order valence-electron chi connectivity index (χ4n) is 1.68. The molecule has 2 aromatic rings. The summed E-state index contributed by atoms with van der Waals surface area (Å²) in [4.78, 5) is 11.6. The zero-order chi connectivity index (χ0) is 13.7. The SMILES string of the molecule is Cn1cc(Br)cc1CNC(=O)OCc1ccccc1. The number of aryl methyl sites for hydroxylation is 1. The Hall–Kier alpha value is -1.75. The van der Waals surface area contributed by atoms with E-state index in [1.807, 2.05) is 54.2 Å². The Morgan fingerprint density at radius 2 is 2.11 bits per heavy atom. The molecule has 1 heterocycles. The summed E-state index contributed by atoms with van der Waals surface area (Å²) in [6.45, 7) is 0.721. The molecule has 0 fully saturated rings. The fourth-order valence-corrected chi connectivity index (χ4v) is 2.25. The van der Waals surface area contributed by atoms with Crippen molar-refractivity contribution >= 4 is 22.0 Å². The van der Waals surface area contributed by atoms with E-state index >= 15 is 0 Å². The van der Waals surface area contributed by atoms with Crippen molar-refractivity contribution in [3.63, 3.8) is 0 Å². The summed E-state index contributed by atoms with van der Waals surface area (Å²) in [7, 11) is 1.93. The molecule has 0 aliphatic rings. The first kappa shape index (κ1) is 13.7. The molecule has 1 N–H and O–H groups in total.